The number of methoxy groups -OCH3 is 1. The highest BCUT2D eigenvalue weighted by molar-refractivity contribution is 6.30. The average Bonchev–Trinajstić information content (AvgIpc) is 3.04. The van der Waals surface area contributed by atoms with E-state index in [4.69, 9.17) is 26.1 Å². The zero-order chi connectivity index (χ0) is 26.2. The van der Waals surface area contributed by atoms with Crippen LogP contribution in [0, 0.1) is 26.7 Å². The van der Waals surface area contributed by atoms with E-state index in [1.807, 2.05) is 45.9 Å². The summed E-state index contributed by atoms with van der Waals surface area (Å²) in [6.07, 6.45) is 6.63. The van der Waals surface area contributed by atoms with Gasteiger partial charge in [-0.1, -0.05) is 30.9 Å². The van der Waals surface area contributed by atoms with Gasteiger partial charge >= 0.3 is 5.97 Å². The van der Waals surface area contributed by atoms with Crippen molar-refractivity contribution in [2.75, 3.05) is 7.11 Å². The molecule has 0 amide bonds. The van der Waals surface area contributed by atoms with Gasteiger partial charge in [-0.15, -0.1) is 0 Å². The maximum Gasteiger partial charge on any atom is 0.310 e. The summed E-state index contributed by atoms with van der Waals surface area (Å²) in [7, 11) is 1.43. The first-order chi connectivity index (χ1) is 17.0. The fourth-order valence-electron chi connectivity index (χ4n) is 5.52. The summed E-state index contributed by atoms with van der Waals surface area (Å²) in [6.45, 7) is 13.4. The molecule has 4 rings (SSSR count). The largest absolute Gasteiger partial charge is 0.487 e. The van der Waals surface area contributed by atoms with Crippen LogP contribution in [-0.4, -0.2) is 28.2 Å². The number of hydrogen-bond acceptors (Lipinski definition) is 4. The quantitative estimate of drug-likeness (QED) is 0.318. The predicted molar refractivity (Wildman–Crippen MR) is 147 cm³/mol. The van der Waals surface area contributed by atoms with Gasteiger partial charge in [-0.2, -0.15) is 0 Å². The van der Waals surface area contributed by atoms with Crippen molar-refractivity contribution in [3.8, 4) is 16.9 Å². The van der Waals surface area contributed by atoms with Crippen molar-refractivity contribution in [1.82, 2.24) is 9.55 Å². The molecule has 2 aromatic heterocycles. The molecule has 1 aliphatic rings. The van der Waals surface area contributed by atoms with Crippen LogP contribution in [0.2, 0.25) is 5.02 Å². The highest BCUT2D eigenvalue weighted by Crippen LogP contribution is 2.43. The van der Waals surface area contributed by atoms with Crippen LogP contribution in [0.5, 0.6) is 5.75 Å². The average molecular weight is 511 g/mol. The van der Waals surface area contributed by atoms with Gasteiger partial charge in [0.2, 0.25) is 0 Å². The van der Waals surface area contributed by atoms with E-state index >= 15 is 0 Å². The standard InChI is InChI=1S/C30H39ClN2O3/c1-18-20(3)33(17-21-11-9-8-10-12-21)29-27(18)28(24(19(2)32-29)16-26(34)35-7)23-14-13-22(31)15-25(23)36-30(4,5)6/h13-15,21H,8-12,16-17H2,1-7H3. The van der Waals surface area contributed by atoms with Crippen LogP contribution in [0.1, 0.15) is 75.4 Å². The SMILES string of the molecule is COC(=O)Cc1c(C)nc2c(c(C)c(C)n2CC2CCCCC2)c1-c1ccc(Cl)cc1OC(C)(C)C. The Bertz CT molecular complexity index is 1280. The summed E-state index contributed by atoms with van der Waals surface area (Å²) < 4.78 is 13.9. The second-order valence-corrected chi connectivity index (χ2v) is 11.6. The van der Waals surface area contributed by atoms with Crippen LogP contribution < -0.4 is 4.74 Å². The Hall–Kier alpha value is -2.53. The number of rotatable bonds is 6. The number of fused-ring (bicyclic) bond motifs is 1. The third-order valence-corrected chi connectivity index (χ3v) is 7.64. The third-order valence-electron chi connectivity index (χ3n) is 7.41. The number of halogens is 1. The number of hydrogen-bond donors (Lipinski definition) is 0. The number of aryl methyl sites for hydroxylation is 2. The molecule has 1 fully saturated rings. The topological polar surface area (TPSA) is 53.3 Å². The van der Waals surface area contributed by atoms with Gasteiger partial charge in [0, 0.05) is 39.5 Å². The van der Waals surface area contributed by atoms with E-state index in [1.165, 1.54) is 50.5 Å². The van der Waals surface area contributed by atoms with Crippen molar-refractivity contribution in [2.45, 2.75) is 92.2 Å². The van der Waals surface area contributed by atoms with Crippen molar-refractivity contribution >= 4 is 28.6 Å². The molecular weight excluding hydrogens is 472 g/mol. The Kier molecular flexibility index (Phi) is 7.70. The minimum Gasteiger partial charge on any atom is -0.487 e. The van der Waals surface area contributed by atoms with Gasteiger partial charge in [-0.25, -0.2) is 4.98 Å². The maximum atomic E-state index is 12.5. The van der Waals surface area contributed by atoms with E-state index in [9.17, 15) is 4.79 Å². The van der Waals surface area contributed by atoms with Crippen LogP contribution in [0.3, 0.4) is 0 Å². The van der Waals surface area contributed by atoms with Gasteiger partial charge < -0.3 is 14.0 Å². The molecule has 6 heteroatoms. The van der Waals surface area contributed by atoms with E-state index in [0.29, 0.717) is 16.7 Å². The Labute approximate surface area is 220 Å². The number of carbonyl (C=O) groups is 1. The molecule has 36 heavy (non-hydrogen) atoms. The lowest BCUT2D eigenvalue weighted by Crippen LogP contribution is -2.23. The summed E-state index contributed by atoms with van der Waals surface area (Å²) in [5.74, 6) is 1.08. The molecule has 0 aliphatic heterocycles. The van der Waals surface area contributed by atoms with Crippen molar-refractivity contribution in [1.29, 1.82) is 0 Å². The summed E-state index contributed by atoms with van der Waals surface area (Å²) in [4.78, 5) is 17.6. The fourth-order valence-corrected chi connectivity index (χ4v) is 5.68. The lowest BCUT2D eigenvalue weighted by Gasteiger charge is -2.25. The van der Waals surface area contributed by atoms with Crippen LogP contribution in [0.4, 0.5) is 0 Å². The van der Waals surface area contributed by atoms with Crippen LogP contribution in [0.15, 0.2) is 18.2 Å². The smallest absolute Gasteiger partial charge is 0.310 e. The van der Waals surface area contributed by atoms with Gasteiger partial charge in [0.1, 0.15) is 17.0 Å². The van der Waals surface area contributed by atoms with Gasteiger partial charge in [0.25, 0.3) is 0 Å². The number of pyridine rings is 1. The minimum atomic E-state index is -0.416. The zero-order valence-electron chi connectivity index (χ0n) is 22.8. The molecule has 3 aromatic rings. The molecule has 0 unspecified atom stereocenters. The highest BCUT2D eigenvalue weighted by atomic mass is 35.5. The summed E-state index contributed by atoms with van der Waals surface area (Å²) in [5.41, 5.74) is 6.59. The minimum absolute atomic E-state index is 0.143. The van der Waals surface area contributed by atoms with Crippen molar-refractivity contribution in [2.24, 2.45) is 5.92 Å². The van der Waals surface area contributed by atoms with Gasteiger partial charge in [0.05, 0.1) is 13.5 Å². The van der Waals surface area contributed by atoms with Gasteiger partial charge in [-0.05, 0) is 89.6 Å². The Morgan fingerprint density at radius 3 is 2.47 bits per heavy atom. The van der Waals surface area contributed by atoms with E-state index in [-0.39, 0.29) is 12.4 Å². The van der Waals surface area contributed by atoms with Crippen molar-refractivity contribution in [3.63, 3.8) is 0 Å². The second kappa shape index (κ2) is 10.5. The van der Waals surface area contributed by atoms with E-state index < -0.39 is 5.60 Å². The predicted octanol–water partition coefficient (Wildman–Crippen LogP) is 7.76. The third kappa shape index (κ3) is 5.41. The number of nitrogens with zero attached hydrogens (tertiary/aromatic N) is 2. The fraction of sp³-hybridized carbons (Fsp3) is 0.533. The number of ether oxygens (including phenoxy) is 2. The first kappa shape index (κ1) is 26.5. The summed E-state index contributed by atoms with van der Waals surface area (Å²) in [5, 5.41) is 1.69. The first-order valence-corrected chi connectivity index (χ1v) is 13.4. The normalized spacial score (nSPS) is 14.9. The van der Waals surface area contributed by atoms with Gasteiger partial charge in [-0.3, -0.25) is 4.79 Å². The van der Waals surface area contributed by atoms with Crippen molar-refractivity contribution < 1.29 is 14.3 Å². The van der Waals surface area contributed by atoms with E-state index in [2.05, 4.69) is 18.4 Å². The van der Waals surface area contributed by atoms with Crippen LogP contribution in [-0.2, 0) is 22.5 Å². The number of aromatic nitrogens is 2. The molecule has 0 radical (unpaired) electrons. The van der Waals surface area contributed by atoms with Crippen molar-refractivity contribution in [3.05, 3.63) is 45.7 Å². The molecule has 1 aliphatic carbocycles. The Balaban J connectivity index is 2.02. The number of esters is 1. The van der Waals surface area contributed by atoms with Crippen LogP contribution in [0.25, 0.3) is 22.2 Å². The number of carbonyl (C=O) groups excluding carboxylic acids is 1. The lowest BCUT2D eigenvalue weighted by atomic mass is 9.89. The van der Waals surface area contributed by atoms with E-state index in [0.717, 1.165) is 40.0 Å². The molecule has 0 spiro atoms. The zero-order valence-corrected chi connectivity index (χ0v) is 23.5. The Morgan fingerprint density at radius 1 is 1.14 bits per heavy atom. The molecule has 5 nitrogen and oxygen atoms in total. The Morgan fingerprint density at radius 2 is 1.83 bits per heavy atom. The molecule has 0 bridgehead atoms. The van der Waals surface area contributed by atoms with Gasteiger partial charge in [0.15, 0.2) is 0 Å². The molecule has 1 saturated carbocycles. The molecule has 0 saturated heterocycles. The summed E-state index contributed by atoms with van der Waals surface area (Å²) >= 11 is 6.43. The second-order valence-electron chi connectivity index (χ2n) is 11.2. The number of benzene rings is 1. The first-order valence-electron chi connectivity index (χ1n) is 13.0. The lowest BCUT2D eigenvalue weighted by molar-refractivity contribution is -0.139. The maximum absolute atomic E-state index is 12.5. The molecule has 1 aromatic carbocycles. The molecular formula is C30H39ClN2O3. The molecule has 0 N–H and O–H groups in total. The summed E-state index contributed by atoms with van der Waals surface area (Å²) in [6, 6.07) is 5.76. The van der Waals surface area contributed by atoms with Crippen LogP contribution >= 0.6 is 11.6 Å². The molecule has 0 atom stereocenters. The monoisotopic (exact) mass is 510 g/mol. The molecule has 194 valence electrons. The molecule has 2 heterocycles. The highest BCUT2D eigenvalue weighted by Gasteiger charge is 2.27. The van der Waals surface area contributed by atoms with E-state index in [1.54, 1.807) is 0 Å².